The lowest BCUT2D eigenvalue weighted by molar-refractivity contribution is -0.642. The molecule has 0 saturated carbocycles. The summed E-state index contributed by atoms with van der Waals surface area (Å²) in [6.45, 7) is 0.919. The van der Waals surface area contributed by atoms with Crippen molar-refractivity contribution in [1.82, 2.24) is 14.4 Å². The summed E-state index contributed by atoms with van der Waals surface area (Å²) in [6, 6.07) is 4.18. The van der Waals surface area contributed by atoms with Crippen LogP contribution in [0, 0.1) is 0 Å². The van der Waals surface area contributed by atoms with Crippen molar-refractivity contribution in [2.24, 2.45) is 0 Å². The number of nitrogens with zero attached hydrogens (tertiary/aromatic N) is 4. The highest BCUT2D eigenvalue weighted by molar-refractivity contribution is 7.22. The summed E-state index contributed by atoms with van der Waals surface area (Å²) in [5.74, 6) is 0. The fraction of sp³-hybridized carbons (Fsp3) is 0.0714. The second-order valence-corrected chi connectivity index (χ2v) is 5.74. The van der Waals surface area contributed by atoms with Gasteiger partial charge in [0.1, 0.15) is 4.70 Å². The number of hydrogen-bond acceptors (Lipinski definition) is 3. The van der Waals surface area contributed by atoms with Crippen LogP contribution in [0.2, 0.25) is 0 Å². The van der Waals surface area contributed by atoms with Gasteiger partial charge in [-0.05, 0) is 12.1 Å². The minimum Gasteiger partial charge on any atom is -0.299 e. The molecule has 0 aliphatic carbocycles. The summed E-state index contributed by atoms with van der Waals surface area (Å²) in [7, 11) is 0. The van der Waals surface area contributed by atoms with Gasteiger partial charge in [-0.25, -0.2) is 4.98 Å². The van der Waals surface area contributed by atoms with Gasteiger partial charge in [-0.15, -0.1) is 0 Å². The van der Waals surface area contributed by atoms with E-state index in [0.717, 1.165) is 6.54 Å². The van der Waals surface area contributed by atoms with Gasteiger partial charge in [-0.1, -0.05) is 11.3 Å². The first-order chi connectivity index (χ1) is 9.42. The summed E-state index contributed by atoms with van der Waals surface area (Å²) >= 11 is 1.85. The van der Waals surface area contributed by atoms with Crippen molar-refractivity contribution in [1.29, 1.82) is 0 Å². The molecule has 4 aromatic heterocycles. The van der Waals surface area contributed by atoms with Gasteiger partial charge in [0.05, 0.1) is 23.6 Å². The van der Waals surface area contributed by atoms with Crippen molar-refractivity contribution >= 4 is 27.1 Å². The SMILES string of the molecule is c1cc2c(cn1)C[n+]1c-2sc2c3ccncn3cc21. The van der Waals surface area contributed by atoms with Crippen LogP contribution in [0.1, 0.15) is 5.56 Å². The molecule has 0 spiro atoms. The number of thiazole rings is 1. The number of fused-ring (bicyclic) bond motifs is 7. The van der Waals surface area contributed by atoms with E-state index in [-0.39, 0.29) is 0 Å². The van der Waals surface area contributed by atoms with E-state index < -0.39 is 0 Å². The molecule has 90 valence electrons. The Labute approximate surface area is 112 Å². The third-order valence-electron chi connectivity index (χ3n) is 3.71. The van der Waals surface area contributed by atoms with Gasteiger partial charge in [-0.3, -0.25) is 9.38 Å². The Kier molecular flexibility index (Phi) is 1.62. The highest BCUT2D eigenvalue weighted by Gasteiger charge is 2.32. The molecular formula is C14H9N4S+. The fourth-order valence-electron chi connectivity index (χ4n) is 2.84. The van der Waals surface area contributed by atoms with Crippen molar-refractivity contribution in [2.75, 3.05) is 0 Å². The molecule has 0 radical (unpaired) electrons. The first kappa shape index (κ1) is 9.63. The van der Waals surface area contributed by atoms with Crippen molar-refractivity contribution in [3.63, 3.8) is 0 Å². The number of rotatable bonds is 0. The Morgan fingerprint density at radius 1 is 1.21 bits per heavy atom. The molecular weight excluding hydrogens is 256 g/mol. The maximum atomic E-state index is 4.22. The second kappa shape index (κ2) is 3.19. The molecule has 0 fully saturated rings. The Morgan fingerprint density at radius 3 is 3.16 bits per heavy atom. The maximum Gasteiger partial charge on any atom is 0.271 e. The molecule has 1 aliphatic rings. The minimum absolute atomic E-state index is 0.919. The van der Waals surface area contributed by atoms with Crippen LogP contribution < -0.4 is 4.57 Å². The van der Waals surface area contributed by atoms with E-state index >= 15 is 0 Å². The van der Waals surface area contributed by atoms with E-state index in [2.05, 4.69) is 37.3 Å². The Bertz CT molecular complexity index is 951. The third kappa shape index (κ3) is 1.11. The van der Waals surface area contributed by atoms with Crippen LogP contribution in [0.4, 0.5) is 0 Å². The average Bonchev–Trinajstić information content (AvgIpc) is 3.07. The topological polar surface area (TPSA) is 34.1 Å². The van der Waals surface area contributed by atoms with Gasteiger partial charge < -0.3 is 0 Å². The molecule has 0 N–H and O–H groups in total. The molecule has 0 amide bonds. The molecule has 4 aromatic rings. The molecule has 5 heteroatoms. The van der Waals surface area contributed by atoms with Gasteiger partial charge in [-0.2, -0.15) is 4.57 Å². The van der Waals surface area contributed by atoms with Crippen molar-refractivity contribution < 1.29 is 4.57 Å². The molecule has 5 rings (SSSR count). The first-order valence-electron chi connectivity index (χ1n) is 6.12. The molecule has 0 atom stereocenters. The Balaban J connectivity index is 1.93. The highest BCUT2D eigenvalue weighted by atomic mass is 32.1. The van der Waals surface area contributed by atoms with Crippen LogP contribution in [-0.2, 0) is 6.54 Å². The summed E-state index contributed by atoms with van der Waals surface area (Å²) in [4.78, 5) is 8.39. The van der Waals surface area contributed by atoms with Crippen LogP contribution >= 0.6 is 11.3 Å². The second-order valence-electron chi connectivity index (χ2n) is 4.74. The maximum absolute atomic E-state index is 4.22. The first-order valence-corrected chi connectivity index (χ1v) is 6.94. The minimum atomic E-state index is 0.919. The van der Waals surface area contributed by atoms with Crippen molar-refractivity contribution in [3.8, 4) is 10.6 Å². The van der Waals surface area contributed by atoms with E-state index in [1.54, 1.807) is 0 Å². The standard InChI is InChI=1S/C14H9N4S/c1-3-15-5-9-6-18-12-7-17-8-16-4-2-11(17)13(12)19-14(18)10(1)9/h1-5,7-8H,6H2/q+1. The lowest BCUT2D eigenvalue weighted by atomic mass is 10.2. The van der Waals surface area contributed by atoms with Gasteiger partial charge >= 0.3 is 0 Å². The molecule has 0 bridgehead atoms. The monoisotopic (exact) mass is 265 g/mol. The molecule has 0 saturated heterocycles. The van der Waals surface area contributed by atoms with Gasteiger partial charge in [0, 0.05) is 24.2 Å². The lowest BCUT2D eigenvalue weighted by Crippen LogP contribution is -2.29. The van der Waals surface area contributed by atoms with Gasteiger partial charge in [0.2, 0.25) is 5.52 Å². The van der Waals surface area contributed by atoms with Gasteiger partial charge in [0.25, 0.3) is 5.01 Å². The summed E-state index contributed by atoms with van der Waals surface area (Å²) in [6.07, 6.45) is 9.71. The molecule has 0 aromatic carbocycles. The van der Waals surface area contributed by atoms with E-state index in [4.69, 9.17) is 0 Å². The summed E-state index contributed by atoms with van der Waals surface area (Å²) in [5.41, 5.74) is 5.14. The van der Waals surface area contributed by atoms with E-state index in [1.165, 1.54) is 31.9 Å². The number of aromatic nitrogens is 4. The van der Waals surface area contributed by atoms with E-state index in [1.807, 2.05) is 36.3 Å². The molecule has 19 heavy (non-hydrogen) atoms. The smallest absolute Gasteiger partial charge is 0.271 e. The predicted octanol–water partition coefficient (Wildman–Crippen LogP) is 2.26. The van der Waals surface area contributed by atoms with Crippen molar-refractivity contribution in [3.05, 3.63) is 48.8 Å². The third-order valence-corrected chi connectivity index (χ3v) is 4.97. The summed E-state index contributed by atoms with van der Waals surface area (Å²) < 4.78 is 5.80. The van der Waals surface area contributed by atoms with Crippen LogP contribution in [0.25, 0.3) is 26.3 Å². The number of hydrogen-bond donors (Lipinski definition) is 0. The number of pyridine rings is 1. The van der Waals surface area contributed by atoms with E-state index in [9.17, 15) is 0 Å². The van der Waals surface area contributed by atoms with Crippen LogP contribution in [0.3, 0.4) is 0 Å². The van der Waals surface area contributed by atoms with Crippen molar-refractivity contribution in [2.45, 2.75) is 6.54 Å². The largest absolute Gasteiger partial charge is 0.299 e. The molecule has 1 aliphatic heterocycles. The predicted molar refractivity (Wildman–Crippen MR) is 73.1 cm³/mol. The quantitative estimate of drug-likeness (QED) is 0.402. The lowest BCUT2D eigenvalue weighted by Gasteiger charge is -1.90. The van der Waals surface area contributed by atoms with Crippen LogP contribution in [0.5, 0.6) is 0 Å². The van der Waals surface area contributed by atoms with Crippen LogP contribution in [0.15, 0.2) is 43.2 Å². The normalized spacial score (nSPS) is 13.1. The van der Waals surface area contributed by atoms with E-state index in [0.29, 0.717) is 0 Å². The zero-order chi connectivity index (χ0) is 12.4. The molecule has 5 heterocycles. The Morgan fingerprint density at radius 2 is 2.16 bits per heavy atom. The van der Waals surface area contributed by atoms with Crippen LogP contribution in [-0.4, -0.2) is 14.4 Å². The zero-order valence-corrected chi connectivity index (χ0v) is 10.8. The average molecular weight is 265 g/mol. The van der Waals surface area contributed by atoms with Gasteiger partial charge in [0.15, 0.2) is 6.54 Å². The fourth-order valence-corrected chi connectivity index (χ4v) is 4.16. The highest BCUT2D eigenvalue weighted by Crippen LogP contribution is 2.37. The summed E-state index contributed by atoms with van der Waals surface area (Å²) in [5, 5.41) is 1.33. The molecule has 0 unspecified atom stereocenters. The zero-order valence-electron chi connectivity index (χ0n) is 9.95. The molecule has 4 nitrogen and oxygen atoms in total. The Hall–Kier alpha value is -2.27.